The number of hydrogen-bond acceptors (Lipinski definition) is 5. The first-order valence-corrected chi connectivity index (χ1v) is 12.1. The molecule has 1 N–H and O–H groups in total. The number of aliphatic hydroxyl groups is 1. The van der Waals surface area contributed by atoms with Crippen molar-refractivity contribution in [2.24, 2.45) is 5.92 Å². The van der Waals surface area contributed by atoms with E-state index in [0.717, 1.165) is 31.2 Å². The lowest BCUT2D eigenvalue weighted by Gasteiger charge is -2.20. The Kier molecular flexibility index (Phi) is 11.7. The van der Waals surface area contributed by atoms with Crippen LogP contribution in [0.25, 0.3) is 0 Å². The van der Waals surface area contributed by atoms with E-state index in [4.69, 9.17) is 21.4 Å². The van der Waals surface area contributed by atoms with Gasteiger partial charge in [0.1, 0.15) is 12.4 Å². The standard InChI is InChI=1S/C26H35ClO5/c1-2-3-6-10-23(29)19-12-14-20(15-13-19)26-21(22(27)18-24(26)30)9-7-4-5-8-11-25(31)32-17-16-28/h4,7,12-15,21-22,26,28H,2-3,5-6,8-11,16-18H2,1H3/b7-4-/t21-,22+,26+/m0/s1. The summed E-state index contributed by atoms with van der Waals surface area (Å²) in [5.41, 5.74) is 1.62. The second-order valence-electron chi connectivity index (χ2n) is 8.37. The van der Waals surface area contributed by atoms with E-state index in [0.29, 0.717) is 37.7 Å². The van der Waals surface area contributed by atoms with E-state index in [1.165, 1.54) is 0 Å². The number of alkyl halides is 1. The van der Waals surface area contributed by atoms with Gasteiger partial charge >= 0.3 is 5.97 Å². The number of aliphatic hydroxyl groups excluding tert-OH is 1. The molecule has 0 heterocycles. The number of rotatable bonds is 14. The topological polar surface area (TPSA) is 80.7 Å². The highest BCUT2D eigenvalue weighted by atomic mass is 35.5. The van der Waals surface area contributed by atoms with Crippen LogP contribution in [0.4, 0.5) is 0 Å². The second-order valence-corrected chi connectivity index (χ2v) is 8.93. The van der Waals surface area contributed by atoms with E-state index < -0.39 is 0 Å². The van der Waals surface area contributed by atoms with Crippen LogP contribution in [-0.2, 0) is 14.3 Å². The highest BCUT2D eigenvalue weighted by Gasteiger charge is 2.41. The molecule has 0 saturated heterocycles. The first-order valence-electron chi connectivity index (χ1n) is 11.7. The van der Waals surface area contributed by atoms with Crippen LogP contribution in [0.1, 0.15) is 86.6 Å². The molecule has 0 unspecified atom stereocenters. The number of benzene rings is 1. The van der Waals surface area contributed by atoms with Gasteiger partial charge in [-0.05, 0) is 37.2 Å². The van der Waals surface area contributed by atoms with Gasteiger partial charge in [0.2, 0.25) is 0 Å². The summed E-state index contributed by atoms with van der Waals surface area (Å²) in [5, 5.41) is 8.44. The molecule has 0 bridgehead atoms. The maximum atomic E-state index is 12.6. The number of carbonyl (C=O) groups excluding carboxylic acids is 3. The predicted molar refractivity (Wildman–Crippen MR) is 126 cm³/mol. The molecule has 1 aliphatic carbocycles. The number of esters is 1. The van der Waals surface area contributed by atoms with E-state index in [1.807, 2.05) is 36.4 Å². The van der Waals surface area contributed by atoms with Crippen LogP contribution in [0.15, 0.2) is 36.4 Å². The number of Topliss-reactive ketones (excluding diaryl/α,β-unsaturated/α-hetero) is 2. The van der Waals surface area contributed by atoms with Crippen molar-refractivity contribution in [3.8, 4) is 0 Å². The Balaban J connectivity index is 1.89. The van der Waals surface area contributed by atoms with Crippen LogP contribution in [0.5, 0.6) is 0 Å². The summed E-state index contributed by atoms with van der Waals surface area (Å²) in [6.45, 7) is 1.99. The van der Waals surface area contributed by atoms with Crippen LogP contribution >= 0.6 is 11.6 Å². The second kappa shape index (κ2) is 14.2. The molecule has 3 atom stereocenters. The molecule has 176 valence electrons. The van der Waals surface area contributed by atoms with Gasteiger partial charge in [-0.2, -0.15) is 0 Å². The van der Waals surface area contributed by atoms with Crippen LogP contribution in [0.2, 0.25) is 0 Å². The summed E-state index contributed by atoms with van der Waals surface area (Å²) in [6, 6.07) is 7.47. The fourth-order valence-electron chi connectivity index (χ4n) is 4.16. The van der Waals surface area contributed by atoms with Gasteiger partial charge in [-0.15, -0.1) is 11.6 Å². The monoisotopic (exact) mass is 462 g/mol. The number of ether oxygens (including phenoxy) is 1. The van der Waals surface area contributed by atoms with Crippen molar-refractivity contribution in [2.75, 3.05) is 13.2 Å². The third-order valence-electron chi connectivity index (χ3n) is 5.92. The van der Waals surface area contributed by atoms with Crippen LogP contribution in [0.3, 0.4) is 0 Å². The average Bonchev–Trinajstić information content (AvgIpc) is 3.07. The fourth-order valence-corrected chi connectivity index (χ4v) is 4.56. The van der Waals surface area contributed by atoms with Gasteiger partial charge in [0.25, 0.3) is 0 Å². The van der Waals surface area contributed by atoms with Gasteiger partial charge in [0, 0.05) is 36.1 Å². The third kappa shape index (κ3) is 8.18. The zero-order chi connectivity index (χ0) is 23.3. The smallest absolute Gasteiger partial charge is 0.305 e. The molecule has 0 spiro atoms. The van der Waals surface area contributed by atoms with E-state index in [1.54, 1.807) is 0 Å². The minimum atomic E-state index is -0.304. The van der Waals surface area contributed by atoms with Crippen molar-refractivity contribution in [3.63, 3.8) is 0 Å². The number of unbranched alkanes of at least 4 members (excludes halogenated alkanes) is 3. The van der Waals surface area contributed by atoms with E-state index in [2.05, 4.69) is 6.92 Å². The minimum Gasteiger partial charge on any atom is -0.463 e. The van der Waals surface area contributed by atoms with Gasteiger partial charge in [0.05, 0.1) is 6.61 Å². The molecule has 2 rings (SSSR count). The lowest BCUT2D eigenvalue weighted by atomic mass is 9.85. The number of ketones is 2. The summed E-state index contributed by atoms with van der Waals surface area (Å²) in [4.78, 5) is 36.4. The molecule has 6 heteroatoms. The molecule has 0 amide bonds. The van der Waals surface area contributed by atoms with Gasteiger partial charge in [-0.1, -0.05) is 56.2 Å². The molecular formula is C26H35ClO5. The summed E-state index contributed by atoms with van der Waals surface area (Å²) < 4.78 is 4.83. The normalized spacial score (nSPS) is 20.7. The predicted octanol–water partition coefficient (Wildman–Crippen LogP) is 5.38. The maximum Gasteiger partial charge on any atom is 0.305 e. The average molecular weight is 463 g/mol. The van der Waals surface area contributed by atoms with Crippen molar-refractivity contribution in [1.29, 1.82) is 0 Å². The van der Waals surface area contributed by atoms with Crippen molar-refractivity contribution in [2.45, 2.75) is 76.0 Å². The zero-order valence-electron chi connectivity index (χ0n) is 18.9. The molecule has 1 saturated carbocycles. The third-order valence-corrected chi connectivity index (χ3v) is 6.39. The first-order chi connectivity index (χ1) is 15.5. The van der Waals surface area contributed by atoms with Crippen molar-refractivity contribution < 1.29 is 24.2 Å². The van der Waals surface area contributed by atoms with Crippen molar-refractivity contribution in [3.05, 3.63) is 47.5 Å². The Morgan fingerprint density at radius 2 is 1.88 bits per heavy atom. The van der Waals surface area contributed by atoms with Gasteiger partial charge in [-0.3, -0.25) is 14.4 Å². The maximum absolute atomic E-state index is 12.6. The van der Waals surface area contributed by atoms with E-state index in [-0.39, 0.29) is 48.0 Å². The number of hydrogen-bond donors (Lipinski definition) is 1. The Morgan fingerprint density at radius 1 is 1.12 bits per heavy atom. The van der Waals surface area contributed by atoms with E-state index >= 15 is 0 Å². The molecule has 5 nitrogen and oxygen atoms in total. The molecule has 1 fully saturated rings. The largest absolute Gasteiger partial charge is 0.463 e. The SMILES string of the molecule is CCCCCC(=O)c1ccc([C@H]2C(=O)C[C@@H](Cl)[C@@H]2C/C=C\CCCC(=O)OCCO)cc1. The van der Waals surface area contributed by atoms with Gasteiger partial charge in [-0.25, -0.2) is 0 Å². The number of halogens is 1. The molecule has 1 aromatic carbocycles. The first kappa shape index (κ1) is 26.3. The van der Waals surface area contributed by atoms with E-state index in [9.17, 15) is 14.4 Å². The van der Waals surface area contributed by atoms with Crippen molar-refractivity contribution >= 4 is 29.1 Å². The highest BCUT2D eigenvalue weighted by Crippen LogP contribution is 2.42. The molecule has 0 aromatic heterocycles. The van der Waals surface area contributed by atoms with Crippen molar-refractivity contribution in [1.82, 2.24) is 0 Å². The lowest BCUT2D eigenvalue weighted by Crippen LogP contribution is -2.16. The van der Waals surface area contributed by atoms with Crippen LogP contribution in [-0.4, -0.2) is 41.2 Å². The Bertz CT molecular complexity index is 771. The summed E-state index contributed by atoms with van der Waals surface area (Å²) >= 11 is 6.51. The Labute approximate surface area is 196 Å². The Hall–Kier alpha value is -1.98. The fraction of sp³-hybridized carbons (Fsp3) is 0.577. The number of allylic oxidation sites excluding steroid dienone is 2. The summed E-state index contributed by atoms with van der Waals surface area (Å²) in [6.07, 6.45) is 10.4. The summed E-state index contributed by atoms with van der Waals surface area (Å²) in [7, 11) is 0. The molecule has 0 radical (unpaired) electrons. The molecular weight excluding hydrogens is 428 g/mol. The van der Waals surface area contributed by atoms with Crippen LogP contribution < -0.4 is 0 Å². The van der Waals surface area contributed by atoms with Gasteiger partial charge in [0.15, 0.2) is 5.78 Å². The molecule has 1 aromatic rings. The Morgan fingerprint density at radius 3 is 2.56 bits per heavy atom. The summed E-state index contributed by atoms with van der Waals surface area (Å²) in [5.74, 6) is -0.238. The number of carbonyl (C=O) groups is 3. The molecule has 0 aliphatic heterocycles. The highest BCUT2D eigenvalue weighted by molar-refractivity contribution is 6.23. The van der Waals surface area contributed by atoms with Crippen LogP contribution in [0, 0.1) is 5.92 Å². The lowest BCUT2D eigenvalue weighted by molar-refractivity contribution is -0.144. The zero-order valence-corrected chi connectivity index (χ0v) is 19.7. The quantitative estimate of drug-likeness (QED) is 0.132. The van der Waals surface area contributed by atoms with Gasteiger partial charge < -0.3 is 9.84 Å². The molecule has 1 aliphatic rings. The minimum absolute atomic E-state index is 0.0149. The molecule has 32 heavy (non-hydrogen) atoms.